The molecule has 1 aromatic heterocycles. The Bertz CT molecular complexity index is 1340. The van der Waals surface area contributed by atoms with Crippen LogP contribution in [-0.4, -0.2) is 33.6 Å². The first-order chi connectivity index (χ1) is 14.8. The lowest BCUT2D eigenvalue weighted by Gasteiger charge is -2.06. The molecule has 0 atom stereocenters. The van der Waals surface area contributed by atoms with Crippen LogP contribution >= 0.6 is 11.8 Å². The van der Waals surface area contributed by atoms with Crippen molar-refractivity contribution in [2.75, 3.05) is 17.9 Å². The van der Waals surface area contributed by atoms with Crippen LogP contribution in [0.2, 0.25) is 0 Å². The van der Waals surface area contributed by atoms with Crippen molar-refractivity contribution in [1.82, 2.24) is 15.2 Å². The highest BCUT2D eigenvalue weighted by molar-refractivity contribution is 7.99. The summed E-state index contributed by atoms with van der Waals surface area (Å²) in [5.41, 5.74) is 4.36. The molecular formula is C22H14N4O3S. The molecule has 1 amide bonds. The van der Waals surface area contributed by atoms with Gasteiger partial charge in [0.15, 0.2) is 11.5 Å². The third kappa shape index (κ3) is 2.76. The molecule has 0 fully saturated rings. The van der Waals surface area contributed by atoms with E-state index in [4.69, 9.17) is 14.5 Å². The van der Waals surface area contributed by atoms with Gasteiger partial charge in [-0.2, -0.15) is 0 Å². The van der Waals surface area contributed by atoms with E-state index >= 15 is 0 Å². The van der Waals surface area contributed by atoms with Gasteiger partial charge in [-0.05, 0) is 17.5 Å². The Labute approximate surface area is 175 Å². The Morgan fingerprint density at radius 2 is 1.77 bits per heavy atom. The normalized spacial score (nSPS) is 12.8. The van der Waals surface area contributed by atoms with Crippen molar-refractivity contribution in [2.24, 2.45) is 0 Å². The number of fused-ring (bicyclic) bond motifs is 4. The fourth-order valence-corrected chi connectivity index (χ4v) is 4.37. The molecule has 8 heteroatoms. The number of nitrogens with one attached hydrogen (secondary N) is 1. The van der Waals surface area contributed by atoms with E-state index in [0.29, 0.717) is 22.3 Å². The smallest absolute Gasteiger partial charge is 0.234 e. The van der Waals surface area contributed by atoms with Crippen molar-refractivity contribution < 1.29 is 14.3 Å². The zero-order valence-electron chi connectivity index (χ0n) is 15.6. The number of benzene rings is 3. The number of hydrogen-bond acceptors (Lipinski definition) is 7. The highest BCUT2D eigenvalue weighted by Gasteiger charge is 2.25. The molecule has 30 heavy (non-hydrogen) atoms. The minimum absolute atomic E-state index is 0.159. The Balaban J connectivity index is 1.20. The fraction of sp³-hybridized carbons (Fsp3) is 0.0909. The van der Waals surface area contributed by atoms with Crippen molar-refractivity contribution in [3.8, 4) is 34.0 Å². The molecule has 0 radical (unpaired) electrons. The largest absolute Gasteiger partial charge is 0.454 e. The minimum atomic E-state index is -0.159. The molecule has 0 spiro atoms. The van der Waals surface area contributed by atoms with Gasteiger partial charge in [0, 0.05) is 28.3 Å². The summed E-state index contributed by atoms with van der Waals surface area (Å²) in [6, 6.07) is 17.6. The zero-order valence-corrected chi connectivity index (χ0v) is 16.4. The third-order valence-electron chi connectivity index (χ3n) is 5.07. The number of anilines is 1. The lowest BCUT2D eigenvalue weighted by molar-refractivity contribution is -0.113. The number of hydrogen-bond donors (Lipinski definition) is 1. The summed E-state index contributed by atoms with van der Waals surface area (Å²) in [6.07, 6.45) is 0. The van der Waals surface area contributed by atoms with Crippen LogP contribution in [0.15, 0.2) is 59.8 Å². The summed E-state index contributed by atoms with van der Waals surface area (Å²) in [6.45, 7) is 0.197. The summed E-state index contributed by atoms with van der Waals surface area (Å²) >= 11 is 1.25. The monoisotopic (exact) mass is 414 g/mol. The van der Waals surface area contributed by atoms with Crippen LogP contribution in [0.1, 0.15) is 0 Å². The molecule has 1 N–H and O–H groups in total. The molecule has 0 bridgehead atoms. The average Bonchev–Trinajstić information content (AvgIpc) is 3.36. The van der Waals surface area contributed by atoms with E-state index < -0.39 is 0 Å². The molecule has 0 saturated carbocycles. The van der Waals surface area contributed by atoms with Gasteiger partial charge in [0.05, 0.1) is 5.75 Å². The summed E-state index contributed by atoms with van der Waals surface area (Å²) in [7, 11) is 0. The average molecular weight is 414 g/mol. The predicted molar refractivity (Wildman–Crippen MR) is 114 cm³/mol. The Kier molecular flexibility index (Phi) is 3.85. The Morgan fingerprint density at radius 1 is 0.967 bits per heavy atom. The van der Waals surface area contributed by atoms with Crippen LogP contribution < -0.4 is 14.8 Å². The SMILES string of the molecule is O=C(CSc1nnc2c(n1)-c1cccc3cccc-2c13)Nc1ccc2c(c1)OCO2. The molecule has 1 aliphatic carbocycles. The molecular weight excluding hydrogens is 400 g/mol. The topological polar surface area (TPSA) is 86.2 Å². The number of thioether (sulfide) groups is 1. The Morgan fingerprint density at radius 3 is 2.63 bits per heavy atom. The van der Waals surface area contributed by atoms with Gasteiger partial charge < -0.3 is 14.8 Å². The predicted octanol–water partition coefficient (Wildman–Crippen LogP) is 4.13. The standard InChI is InChI=1S/C22H14N4O3S/c27-18(23-13-7-8-16-17(9-13)29-11-28-16)10-30-22-24-20-14-5-1-3-12-4-2-6-15(19(12)14)21(20)25-26-22/h1-9H,10-11H2,(H,23,27). The van der Waals surface area contributed by atoms with Crippen LogP contribution in [0.3, 0.4) is 0 Å². The number of aromatic nitrogens is 3. The molecule has 146 valence electrons. The first-order valence-electron chi connectivity index (χ1n) is 9.36. The van der Waals surface area contributed by atoms with E-state index in [9.17, 15) is 4.79 Å². The van der Waals surface area contributed by atoms with Gasteiger partial charge in [-0.25, -0.2) is 4.98 Å². The van der Waals surface area contributed by atoms with E-state index in [-0.39, 0.29) is 18.5 Å². The molecule has 3 aromatic carbocycles. The summed E-state index contributed by atoms with van der Waals surface area (Å²) in [4.78, 5) is 17.1. The third-order valence-corrected chi connectivity index (χ3v) is 5.91. The maximum Gasteiger partial charge on any atom is 0.234 e. The summed E-state index contributed by atoms with van der Waals surface area (Å²) in [5.74, 6) is 1.32. The van der Waals surface area contributed by atoms with Crippen LogP contribution in [-0.2, 0) is 4.79 Å². The van der Waals surface area contributed by atoms with Gasteiger partial charge >= 0.3 is 0 Å². The van der Waals surface area contributed by atoms with E-state index in [1.54, 1.807) is 18.2 Å². The lowest BCUT2D eigenvalue weighted by Crippen LogP contribution is -2.14. The van der Waals surface area contributed by atoms with Crippen LogP contribution in [0.5, 0.6) is 11.5 Å². The van der Waals surface area contributed by atoms with Gasteiger partial charge in [0.25, 0.3) is 0 Å². The zero-order chi connectivity index (χ0) is 20.1. The summed E-state index contributed by atoms with van der Waals surface area (Å²) < 4.78 is 10.6. The maximum absolute atomic E-state index is 12.4. The Hall–Kier alpha value is -3.65. The van der Waals surface area contributed by atoms with E-state index in [1.165, 1.54) is 11.8 Å². The number of amides is 1. The number of carbonyl (C=O) groups is 1. The molecule has 6 rings (SSSR count). The maximum atomic E-state index is 12.4. The first kappa shape index (κ1) is 17.2. The van der Waals surface area contributed by atoms with Gasteiger partial charge in [-0.3, -0.25) is 4.79 Å². The van der Waals surface area contributed by atoms with Crippen molar-refractivity contribution in [1.29, 1.82) is 0 Å². The molecule has 7 nitrogen and oxygen atoms in total. The molecule has 1 aliphatic heterocycles. The minimum Gasteiger partial charge on any atom is -0.454 e. The van der Waals surface area contributed by atoms with E-state index in [0.717, 1.165) is 33.3 Å². The van der Waals surface area contributed by atoms with Crippen LogP contribution in [0, 0.1) is 0 Å². The molecule has 2 heterocycles. The number of carbonyl (C=O) groups excluding carboxylic acids is 1. The number of ether oxygens (including phenoxy) is 2. The van der Waals surface area contributed by atoms with Crippen molar-refractivity contribution in [2.45, 2.75) is 5.16 Å². The van der Waals surface area contributed by atoms with Gasteiger partial charge in [-0.15, -0.1) is 10.2 Å². The van der Waals surface area contributed by atoms with E-state index in [2.05, 4.69) is 27.6 Å². The highest BCUT2D eigenvalue weighted by atomic mass is 32.2. The van der Waals surface area contributed by atoms with Gasteiger partial charge in [0.2, 0.25) is 17.9 Å². The summed E-state index contributed by atoms with van der Waals surface area (Å²) in [5, 5.41) is 14.3. The quantitative estimate of drug-likeness (QED) is 0.443. The highest BCUT2D eigenvalue weighted by Crippen LogP contribution is 2.44. The molecule has 4 aromatic rings. The second-order valence-corrected chi connectivity index (χ2v) is 7.85. The van der Waals surface area contributed by atoms with Crippen molar-refractivity contribution >= 4 is 34.1 Å². The van der Waals surface area contributed by atoms with E-state index in [1.807, 2.05) is 24.3 Å². The van der Waals surface area contributed by atoms with Crippen molar-refractivity contribution in [3.05, 3.63) is 54.6 Å². The lowest BCUT2D eigenvalue weighted by atomic mass is 10.0. The van der Waals surface area contributed by atoms with Crippen LogP contribution in [0.4, 0.5) is 5.69 Å². The van der Waals surface area contributed by atoms with Gasteiger partial charge in [-0.1, -0.05) is 48.2 Å². The second-order valence-electron chi connectivity index (χ2n) is 6.91. The second kappa shape index (κ2) is 6.70. The van der Waals surface area contributed by atoms with Crippen molar-refractivity contribution in [3.63, 3.8) is 0 Å². The first-order valence-corrected chi connectivity index (χ1v) is 10.3. The number of nitrogens with zero attached hydrogens (tertiary/aromatic N) is 3. The molecule has 0 saturated heterocycles. The molecule has 2 aliphatic rings. The molecule has 0 unspecified atom stereocenters. The van der Waals surface area contributed by atoms with Crippen LogP contribution in [0.25, 0.3) is 33.3 Å². The fourth-order valence-electron chi connectivity index (χ4n) is 3.78. The van der Waals surface area contributed by atoms with Gasteiger partial charge in [0.1, 0.15) is 11.4 Å². The number of rotatable bonds is 4.